The predicted octanol–water partition coefficient (Wildman–Crippen LogP) is 2.38. The number of furan rings is 1. The lowest BCUT2D eigenvalue weighted by Gasteiger charge is -1.95. The van der Waals surface area contributed by atoms with Gasteiger partial charge in [0.25, 0.3) is 5.91 Å². The van der Waals surface area contributed by atoms with E-state index < -0.39 is 0 Å². The molecule has 90 valence electrons. The van der Waals surface area contributed by atoms with Crippen LogP contribution in [0.1, 0.15) is 16.2 Å². The van der Waals surface area contributed by atoms with Gasteiger partial charge >= 0.3 is 0 Å². The molecule has 0 unspecified atom stereocenters. The average Bonchev–Trinajstić information content (AvgIpc) is 2.96. The van der Waals surface area contributed by atoms with Crippen LogP contribution in [0.3, 0.4) is 0 Å². The van der Waals surface area contributed by atoms with Crippen LogP contribution in [0.15, 0.2) is 39.5 Å². The van der Waals surface area contributed by atoms with Crippen LogP contribution in [-0.2, 0) is 0 Å². The minimum atomic E-state index is -0.389. The largest absolute Gasteiger partial charge is 0.449 e. The Morgan fingerprint density at radius 3 is 3.00 bits per heavy atom. The molecule has 0 atom stereocenters. The Morgan fingerprint density at radius 1 is 1.33 bits per heavy atom. The van der Waals surface area contributed by atoms with Gasteiger partial charge in [0.15, 0.2) is 17.2 Å². The Kier molecular flexibility index (Phi) is 2.33. The lowest BCUT2D eigenvalue weighted by molar-refractivity contribution is 0.0998. The number of amides is 1. The second-order valence-electron chi connectivity index (χ2n) is 3.79. The van der Waals surface area contributed by atoms with E-state index in [0.29, 0.717) is 16.9 Å². The maximum atomic E-state index is 11.9. The zero-order chi connectivity index (χ0) is 12.5. The SMILES string of the molecule is Cc1ccc2oc(C(=O)Nc3ccon3)cc2n1. The van der Waals surface area contributed by atoms with Crippen molar-refractivity contribution in [2.45, 2.75) is 6.92 Å². The summed E-state index contributed by atoms with van der Waals surface area (Å²) in [4.78, 5) is 16.1. The van der Waals surface area contributed by atoms with Crippen LogP contribution in [0.5, 0.6) is 0 Å². The van der Waals surface area contributed by atoms with E-state index in [9.17, 15) is 4.79 Å². The summed E-state index contributed by atoms with van der Waals surface area (Å²) in [6.45, 7) is 1.88. The first-order chi connectivity index (χ1) is 8.72. The minimum Gasteiger partial charge on any atom is -0.449 e. The maximum Gasteiger partial charge on any atom is 0.292 e. The number of nitrogens with zero attached hydrogens (tertiary/aromatic N) is 2. The molecule has 6 nitrogen and oxygen atoms in total. The van der Waals surface area contributed by atoms with Gasteiger partial charge < -0.3 is 14.3 Å². The monoisotopic (exact) mass is 243 g/mol. The molecular formula is C12H9N3O3. The Bertz CT molecular complexity index is 701. The quantitative estimate of drug-likeness (QED) is 0.747. The Balaban J connectivity index is 1.92. The summed E-state index contributed by atoms with van der Waals surface area (Å²) in [6.07, 6.45) is 1.37. The van der Waals surface area contributed by atoms with E-state index in [4.69, 9.17) is 4.42 Å². The summed E-state index contributed by atoms with van der Waals surface area (Å²) < 4.78 is 10.0. The predicted molar refractivity (Wildman–Crippen MR) is 63.2 cm³/mol. The topological polar surface area (TPSA) is 81.2 Å². The maximum absolute atomic E-state index is 11.9. The van der Waals surface area contributed by atoms with Crippen molar-refractivity contribution in [1.29, 1.82) is 0 Å². The first-order valence-electron chi connectivity index (χ1n) is 5.31. The summed E-state index contributed by atoms with van der Waals surface area (Å²) in [7, 11) is 0. The third-order valence-electron chi connectivity index (χ3n) is 2.42. The molecule has 0 aromatic carbocycles. The molecule has 0 fully saturated rings. The number of rotatable bonds is 2. The molecule has 3 aromatic rings. The fraction of sp³-hybridized carbons (Fsp3) is 0.0833. The van der Waals surface area contributed by atoms with Crippen molar-refractivity contribution >= 4 is 22.8 Å². The van der Waals surface area contributed by atoms with Gasteiger partial charge in [-0.25, -0.2) is 4.98 Å². The van der Waals surface area contributed by atoms with E-state index in [1.165, 1.54) is 6.26 Å². The van der Waals surface area contributed by atoms with Crippen molar-refractivity contribution in [2.75, 3.05) is 5.32 Å². The summed E-state index contributed by atoms with van der Waals surface area (Å²) in [6, 6.07) is 6.75. The van der Waals surface area contributed by atoms with Crippen molar-refractivity contribution < 1.29 is 13.7 Å². The molecule has 0 spiro atoms. The van der Waals surface area contributed by atoms with Crippen molar-refractivity contribution in [1.82, 2.24) is 10.1 Å². The third kappa shape index (κ3) is 1.84. The van der Waals surface area contributed by atoms with Gasteiger partial charge in [-0.05, 0) is 19.1 Å². The highest BCUT2D eigenvalue weighted by Crippen LogP contribution is 2.18. The molecule has 1 N–H and O–H groups in total. The number of nitrogens with one attached hydrogen (secondary N) is 1. The number of carbonyl (C=O) groups excluding carboxylic acids is 1. The van der Waals surface area contributed by atoms with E-state index in [0.717, 1.165) is 5.69 Å². The second kappa shape index (κ2) is 3.99. The normalized spacial score (nSPS) is 10.7. The van der Waals surface area contributed by atoms with Gasteiger partial charge in [0.1, 0.15) is 11.8 Å². The van der Waals surface area contributed by atoms with E-state index in [1.54, 1.807) is 18.2 Å². The lowest BCUT2D eigenvalue weighted by Crippen LogP contribution is -2.10. The molecule has 0 aliphatic carbocycles. The van der Waals surface area contributed by atoms with Crippen molar-refractivity contribution in [2.24, 2.45) is 0 Å². The van der Waals surface area contributed by atoms with Crippen LogP contribution in [0.4, 0.5) is 5.82 Å². The van der Waals surface area contributed by atoms with Gasteiger partial charge in [0, 0.05) is 17.8 Å². The molecule has 0 bridgehead atoms. The molecule has 3 aromatic heterocycles. The number of hydrogen-bond acceptors (Lipinski definition) is 5. The zero-order valence-corrected chi connectivity index (χ0v) is 9.51. The van der Waals surface area contributed by atoms with Crippen LogP contribution in [0.2, 0.25) is 0 Å². The van der Waals surface area contributed by atoms with E-state index in [-0.39, 0.29) is 11.7 Å². The number of carbonyl (C=O) groups is 1. The molecule has 3 heterocycles. The number of aromatic nitrogens is 2. The highest BCUT2D eigenvalue weighted by Gasteiger charge is 2.14. The van der Waals surface area contributed by atoms with Crippen molar-refractivity contribution in [3.63, 3.8) is 0 Å². The molecule has 0 saturated carbocycles. The fourth-order valence-electron chi connectivity index (χ4n) is 1.59. The molecule has 0 radical (unpaired) electrons. The number of anilines is 1. The van der Waals surface area contributed by atoms with Crippen LogP contribution in [0, 0.1) is 6.92 Å². The van der Waals surface area contributed by atoms with Crippen molar-refractivity contribution in [3.8, 4) is 0 Å². The van der Waals surface area contributed by atoms with Gasteiger partial charge in [-0.3, -0.25) is 4.79 Å². The molecule has 0 aliphatic heterocycles. The summed E-state index contributed by atoms with van der Waals surface area (Å²) in [5.74, 6) is 0.134. The summed E-state index contributed by atoms with van der Waals surface area (Å²) >= 11 is 0. The van der Waals surface area contributed by atoms with Crippen molar-refractivity contribution in [3.05, 3.63) is 42.0 Å². The minimum absolute atomic E-state index is 0.186. The first-order valence-corrected chi connectivity index (χ1v) is 5.31. The van der Waals surface area contributed by atoms with Gasteiger partial charge in [0.2, 0.25) is 0 Å². The highest BCUT2D eigenvalue weighted by molar-refractivity contribution is 6.03. The summed E-state index contributed by atoms with van der Waals surface area (Å²) in [5, 5.41) is 6.13. The molecule has 0 saturated heterocycles. The fourth-order valence-corrected chi connectivity index (χ4v) is 1.59. The molecule has 3 rings (SSSR count). The Morgan fingerprint density at radius 2 is 2.22 bits per heavy atom. The van der Waals surface area contributed by atoms with Crippen LogP contribution >= 0.6 is 0 Å². The third-order valence-corrected chi connectivity index (χ3v) is 2.42. The lowest BCUT2D eigenvalue weighted by atomic mass is 10.3. The smallest absolute Gasteiger partial charge is 0.292 e. The van der Waals surface area contributed by atoms with E-state index in [1.807, 2.05) is 13.0 Å². The Hall–Kier alpha value is -2.63. The molecule has 0 aliphatic rings. The van der Waals surface area contributed by atoms with E-state index >= 15 is 0 Å². The van der Waals surface area contributed by atoms with Crippen LogP contribution in [-0.4, -0.2) is 16.0 Å². The molecular weight excluding hydrogens is 234 g/mol. The van der Waals surface area contributed by atoms with Gasteiger partial charge in [-0.1, -0.05) is 5.16 Å². The zero-order valence-electron chi connectivity index (χ0n) is 9.51. The number of pyridine rings is 1. The van der Waals surface area contributed by atoms with Crippen LogP contribution in [0.25, 0.3) is 11.1 Å². The van der Waals surface area contributed by atoms with Gasteiger partial charge in [-0.2, -0.15) is 0 Å². The highest BCUT2D eigenvalue weighted by atomic mass is 16.5. The number of fused-ring (bicyclic) bond motifs is 1. The molecule has 1 amide bonds. The molecule has 18 heavy (non-hydrogen) atoms. The second-order valence-corrected chi connectivity index (χ2v) is 3.79. The summed E-state index contributed by atoms with van der Waals surface area (Å²) in [5.41, 5.74) is 2.10. The standard InChI is InChI=1S/C12H9N3O3/c1-7-2-3-9-8(13-7)6-10(18-9)12(16)14-11-4-5-17-15-11/h2-6H,1H3,(H,14,15,16). The average molecular weight is 243 g/mol. The van der Waals surface area contributed by atoms with Crippen LogP contribution < -0.4 is 5.32 Å². The number of aryl methyl sites for hydroxylation is 1. The number of hydrogen-bond donors (Lipinski definition) is 1. The first kappa shape index (κ1) is 10.5. The van der Waals surface area contributed by atoms with Gasteiger partial charge in [0.05, 0.1) is 0 Å². The van der Waals surface area contributed by atoms with E-state index in [2.05, 4.69) is 20.0 Å². The van der Waals surface area contributed by atoms with Gasteiger partial charge in [-0.15, -0.1) is 0 Å². The molecule has 6 heteroatoms. The Labute approximate surface area is 102 Å².